The van der Waals surface area contributed by atoms with Crippen molar-refractivity contribution in [3.63, 3.8) is 0 Å². The summed E-state index contributed by atoms with van der Waals surface area (Å²) in [5.74, 6) is -0.495. The van der Waals surface area contributed by atoms with Crippen molar-refractivity contribution in [1.29, 1.82) is 0 Å². The molecule has 0 spiro atoms. The Kier molecular flexibility index (Phi) is 3.45. The highest BCUT2D eigenvalue weighted by molar-refractivity contribution is 5.84. The summed E-state index contributed by atoms with van der Waals surface area (Å²) in [6, 6.07) is 7.43. The van der Waals surface area contributed by atoms with E-state index >= 15 is 0 Å². The Labute approximate surface area is 122 Å². The van der Waals surface area contributed by atoms with Crippen molar-refractivity contribution in [3.8, 4) is 5.75 Å². The summed E-state index contributed by atoms with van der Waals surface area (Å²) in [5.41, 5.74) is 0.272. The van der Waals surface area contributed by atoms with Crippen molar-refractivity contribution in [1.82, 2.24) is 5.32 Å². The molecule has 0 radical (unpaired) electrons. The van der Waals surface area contributed by atoms with Crippen LogP contribution in [-0.4, -0.2) is 35.2 Å². The molecule has 0 aromatic heterocycles. The lowest BCUT2D eigenvalue weighted by molar-refractivity contribution is -0.141. The van der Waals surface area contributed by atoms with Gasteiger partial charge in [0.1, 0.15) is 5.75 Å². The van der Waals surface area contributed by atoms with Gasteiger partial charge < -0.3 is 20.5 Å². The van der Waals surface area contributed by atoms with E-state index < -0.39 is 17.6 Å². The lowest BCUT2D eigenvalue weighted by Crippen LogP contribution is -2.59. The predicted octanol–water partition coefficient (Wildman–Crippen LogP) is 1.37. The van der Waals surface area contributed by atoms with E-state index in [1.165, 1.54) is 0 Å². The number of hydrogen-bond acceptors (Lipinski definition) is 4. The molecule has 1 aliphatic heterocycles. The average Bonchev–Trinajstić information content (AvgIpc) is 2.43. The maximum atomic E-state index is 12.3. The van der Waals surface area contributed by atoms with Crippen LogP contribution in [0, 0.1) is 0 Å². The summed E-state index contributed by atoms with van der Waals surface area (Å²) < 4.78 is 5.69. The molecule has 2 aliphatic rings. The van der Waals surface area contributed by atoms with E-state index in [2.05, 4.69) is 10.6 Å². The molecule has 1 amide bonds. The van der Waals surface area contributed by atoms with Crippen LogP contribution in [0.25, 0.3) is 0 Å². The topological polar surface area (TPSA) is 87.7 Å². The molecule has 1 fully saturated rings. The number of benzene rings is 1. The van der Waals surface area contributed by atoms with Crippen LogP contribution >= 0.6 is 0 Å². The third kappa shape index (κ3) is 2.79. The number of fused-ring (bicyclic) bond motifs is 1. The largest absolute Gasteiger partial charge is 0.481 e. The SMILES string of the molecule is O=C(O)CC1(NC(=O)C2CNc3ccccc3O2)CCC1. The van der Waals surface area contributed by atoms with Gasteiger partial charge in [-0.05, 0) is 31.4 Å². The number of carbonyl (C=O) groups is 2. The molecule has 112 valence electrons. The molecule has 0 bridgehead atoms. The Morgan fingerprint density at radius 1 is 1.38 bits per heavy atom. The minimum Gasteiger partial charge on any atom is -0.481 e. The van der Waals surface area contributed by atoms with Gasteiger partial charge in [0.2, 0.25) is 0 Å². The fourth-order valence-corrected chi connectivity index (χ4v) is 2.84. The summed E-state index contributed by atoms with van der Waals surface area (Å²) in [4.78, 5) is 23.3. The van der Waals surface area contributed by atoms with Gasteiger partial charge in [0.05, 0.1) is 24.2 Å². The smallest absolute Gasteiger partial charge is 0.305 e. The van der Waals surface area contributed by atoms with Gasteiger partial charge in [0, 0.05) is 0 Å². The molecule has 3 rings (SSSR count). The number of carboxylic acid groups (broad SMARTS) is 1. The number of aliphatic carboxylic acids is 1. The second kappa shape index (κ2) is 5.27. The maximum Gasteiger partial charge on any atom is 0.305 e. The van der Waals surface area contributed by atoms with Crippen LogP contribution in [0.1, 0.15) is 25.7 Å². The quantitative estimate of drug-likeness (QED) is 0.779. The Morgan fingerprint density at radius 3 is 2.81 bits per heavy atom. The van der Waals surface area contributed by atoms with Gasteiger partial charge in [0.15, 0.2) is 6.10 Å². The summed E-state index contributed by atoms with van der Waals surface area (Å²) in [6.45, 7) is 0.381. The molecule has 1 unspecified atom stereocenters. The van der Waals surface area contributed by atoms with Crippen molar-refractivity contribution in [3.05, 3.63) is 24.3 Å². The second-order valence-corrected chi connectivity index (χ2v) is 5.68. The van der Waals surface area contributed by atoms with E-state index in [0.717, 1.165) is 12.1 Å². The molecular formula is C15H18N2O4. The highest BCUT2D eigenvalue weighted by Gasteiger charge is 2.42. The lowest BCUT2D eigenvalue weighted by atomic mass is 9.74. The number of ether oxygens (including phenoxy) is 1. The lowest BCUT2D eigenvalue weighted by Gasteiger charge is -2.42. The normalized spacial score (nSPS) is 22.0. The van der Waals surface area contributed by atoms with Crippen LogP contribution in [0.2, 0.25) is 0 Å². The van der Waals surface area contributed by atoms with E-state index in [0.29, 0.717) is 25.1 Å². The Balaban J connectivity index is 1.65. The summed E-state index contributed by atoms with van der Waals surface area (Å²) in [7, 11) is 0. The van der Waals surface area contributed by atoms with E-state index in [1.807, 2.05) is 18.2 Å². The summed E-state index contributed by atoms with van der Waals surface area (Å²) >= 11 is 0. The summed E-state index contributed by atoms with van der Waals surface area (Å²) in [5, 5.41) is 15.0. The minimum absolute atomic E-state index is 0.0323. The maximum absolute atomic E-state index is 12.3. The fraction of sp³-hybridized carbons (Fsp3) is 0.467. The number of nitrogens with one attached hydrogen (secondary N) is 2. The van der Waals surface area contributed by atoms with Gasteiger partial charge >= 0.3 is 5.97 Å². The zero-order chi connectivity index (χ0) is 14.9. The molecule has 3 N–H and O–H groups in total. The standard InChI is InChI=1S/C15H18N2O4/c18-13(19)8-15(6-3-7-15)17-14(20)12-9-16-10-4-1-2-5-11(10)21-12/h1-2,4-5,12,16H,3,6-9H2,(H,17,20)(H,18,19). The first-order valence-corrected chi connectivity index (χ1v) is 7.11. The molecule has 1 saturated carbocycles. The van der Waals surface area contributed by atoms with E-state index in [-0.39, 0.29) is 12.3 Å². The fourth-order valence-electron chi connectivity index (χ4n) is 2.84. The van der Waals surface area contributed by atoms with E-state index in [9.17, 15) is 9.59 Å². The molecule has 6 nitrogen and oxygen atoms in total. The monoisotopic (exact) mass is 290 g/mol. The minimum atomic E-state index is -0.886. The van der Waals surface area contributed by atoms with Gasteiger partial charge in [-0.2, -0.15) is 0 Å². The Bertz CT molecular complexity index is 569. The number of anilines is 1. The highest BCUT2D eigenvalue weighted by atomic mass is 16.5. The van der Waals surface area contributed by atoms with Crippen LogP contribution in [0.3, 0.4) is 0 Å². The van der Waals surface area contributed by atoms with Crippen LogP contribution in [0.4, 0.5) is 5.69 Å². The third-order valence-electron chi connectivity index (χ3n) is 4.12. The number of carboxylic acids is 1. The van der Waals surface area contributed by atoms with Gasteiger partial charge in [-0.25, -0.2) is 0 Å². The molecule has 1 aliphatic carbocycles. The summed E-state index contributed by atoms with van der Waals surface area (Å²) in [6.07, 6.45) is 1.70. The molecule has 6 heteroatoms. The van der Waals surface area contributed by atoms with Crippen molar-refractivity contribution in [2.45, 2.75) is 37.3 Å². The zero-order valence-corrected chi connectivity index (χ0v) is 11.6. The van der Waals surface area contributed by atoms with Gasteiger partial charge in [-0.1, -0.05) is 12.1 Å². The first kappa shape index (κ1) is 13.7. The van der Waals surface area contributed by atoms with Gasteiger partial charge in [-0.15, -0.1) is 0 Å². The number of hydrogen-bond donors (Lipinski definition) is 3. The van der Waals surface area contributed by atoms with Crippen LogP contribution in [-0.2, 0) is 9.59 Å². The van der Waals surface area contributed by atoms with Gasteiger partial charge in [-0.3, -0.25) is 9.59 Å². The molecular weight excluding hydrogens is 272 g/mol. The first-order chi connectivity index (χ1) is 10.1. The second-order valence-electron chi connectivity index (χ2n) is 5.68. The van der Waals surface area contributed by atoms with Crippen molar-refractivity contribution >= 4 is 17.6 Å². The number of rotatable bonds is 4. The molecule has 1 aromatic rings. The van der Waals surface area contributed by atoms with E-state index in [1.54, 1.807) is 6.07 Å². The van der Waals surface area contributed by atoms with Crippen molar-refractivity contribution in [2.24, 2.45) is 0 Å². The zero-order valence-electron chi connectivity index (χ0n) is 11.6. The van der Waals surface area contributed by atoms with Crippen LogP contribution in [0.5, 0.6) is 5.75 Å². The number of amides is 1. The molecule has 21 heavy (non-hydrogen) atoms. The third-order valence-corrected chi connectivity index (χ3v) is 4.12. The first-order valence-electron chi connectivity index (χ1n) is 7.11. The van der Waals surface area contributed by atoms with Crippen LogP contribution < -0.4 is 15.4 Å². The van der Waals surface area contributed by atoms with Crippen LogP contribution in [0.15, 0.2) is 24.3 Å². The van der Waals surface area contributed by atoms with Crippen molar-refractivity contribution in [2.75, 3.05) is 11.9 Å². The van der Waals surface area contributed by atoms with Gasteiger partial charge in [0.25, 0.3) is 5.91 Å². The molecule has 1 atom stereocenters. The highest BCUT2D eigenvalue weighted by Crippen LogP contribution is 2.35. The molecule has 1 aromatic carbocycles. The van der Waals surface area contributed by atoms with Crippen molar-refractivity contribution < 1.29 is 19.4 Å². The Hall–Kier alpha value is -2.24. The number of carbonyl (C=O) groups excluding carboxylic acids is 1. The molecule has 1 heterocycles. The number of para-hydroxylation sites is 2. The predicted molar refractivity (Wildman–Crippen MR) is 76.3 cm³/mol. The Morgan fingerprint density at radius 2 is 2.14 bits per heavy atom. The molecule has 0 saturated heterocycles. The van der Waals surface area contributed by atoms with E-state index in [4.69, 9.17) is 9.84 Å². The average molecular weight is 290 g/mol.